The topological polar surface area (TPSA) is 39.1 Å². The summed E-state index contributed by atoms with van der Waals surface area (Å²) in [5.74, 6) is -0.0897. The predicted octanol–water partition coefficient (Wildman–Crippen LogP) is 0.961. The zero-order chi connectivity index (χ0) is 7.56. The second-order valence-electron chi connectivity index (χ2n) is 1.99. The first-order valence-electron chi connectivity index (χ1n) is 2.88. The third-order valence-corrected chi connectivity index (χ3v) is 1.22. The molecule has 3 nitrogen and oxygen atoms in total. The van der Waals surface area contributed by atoms with Crippen LogP contribution < -0.4 is 0 Å². The van der Waals surface area contributed by atoms with Crippen molar-refractivity contribution in [2.45, 2.75) is 6.92 Å². The molecule has 0 radical (unpaired) electrons. The van der Waals surface area contributed by atoms with Crippen molar-refractivity contribution >= 4 is 12.2 Å². The van der Waals surface area contributed by atoms with Gasteiger partial charge in [-0.05, 0) is 6.07 Å². The molecular weight excluding hydrogens is 130 g/mol. The summed E-state index contributed by atoms with van der Waals surface area (Å²) < 4.78 is 1.36. The van der Waals surface area contributed by atoms with Gasteiger partial charge in [-0.3, -0.25) is 14.2 Å². The number of hydrogen-bond donors (Lipinski definition) is 0. The molecule has 1 rings (SSSR count). The lowest BCUT2D eigenvalue weighted by Gasteiger charge is -1.89. The minimum absolute atomic E-state index is 0.0897. The number of hydrogen-bond acceptors (Lipinski definition) is 2. The Labute approximate surface area is 58.3 Å². The fourth-order valence-electron chi connectivity index (χ4n) is 0.679. The Kier molecular flexibility index (Phi) is 1.67. The Bertz CT molecular complexity index is 262. The molecule has 3 heteroatoms. The van der Waals surface area contributed by atoms with Crippen LogP contribution >= 0.6 is 0 Å². The molecule has 52 valence electrons. The summed E-state index contributed by atoms with van der Waals surface area (Å²) >= 11 is 0. The van der Waals surface area contributed by atoms with Gasteiger partial charge in [-0.1, -0.05) is 0 Å². The van der Waals surface area contributed by atoms with E-state index in [4.69, 9.17) is 0 Å². The van der Waals surface area contributed by atoms with Gasteiger partial charge in [0.2, 0.25) is 5.91 Å². The maximum atomic E-state index is 10.6. The fraction of sp³-hybridized carbons (Fsp3) is 0.143. The number of aldehydes is 1. The van der Waals surface area contributed by atoms with E-state index in [2.05, 4.69) is 0 Å². The summed E-state index contributed by atoms with van der Waals surface area (Å²) in [6.07, 6.45) is 3.76. The smallest absolute Gasteiger partial charge is 0.227 e. The highest BCUT2D eigenvalue weighted by molar-refractivity contribution is 5.80. The van der Waals surface area contributed by atoms with E-state index in [0.717, 1.165) is 0 Å². The van der Waals surface area contributed by atoms with Crippen molar-refractivity contribution < 1.29 is 9.59 Å². The van der Waals surface area contributed by atoms with E-state index in [1.807, 2.05) is 0 Å². The summed E-state index contributed by atoms with van der Waals surface area (Å²) in [6.45, 7) is 1.44. The minimum atomic E-state index is -0.0897. The van der Waals surface area contributed by atoms with Crippen molar-refractivity contribution in [1.29, 1.82) is 0 Å². The standard InChI is InChI=1S/C7H7NO2/c1-6(10)8-3-2-7(4-8)5-9/h2-5H,1H3. The first-order valence-corrected chi connectivity index (χ1v) is 2.88. The summed E-state index contributed by atoms with van der Waals surface area (Å²) in [5, 5.41) is 0. The molecular formula is C7H7NO2. The molecule has 0 atom stereocenters. The summed E-state index contributed by atoms with van der Waals surface area (Å²) in [4.78, 5) is 20.7. The Balaban J connectivity index is 2.98. The number of carbonyl (C=O) groups is 2. The second kappa shape index (κ2) is 2.47. The van der Waals surface area contributed by atoms with Crippen LogP contribution in [0.2, 0.25) is 0 Å². The van der Waals surface area contributed by atoms with E-state index in [-0.39, 0.29) is 5.91 Å². The predicted molar refractivity (Wildman–Crippen MR) is 36.1 cm³/mol. The van der Waals surface area contributed by atoms with Gasteiger partial charge in [-0.25, -0.2) is 0 Å². The normalized spacial score (nSPS) is 9.30. The van der Waals surface area contributed by atoms with Crippen LogP contribution in [-0.2, 0) is 0 Å². The van der Waals surface area contributed by atoms with E-state index in [1.54, 1.807) is 12.3 Å². The quantitative estimate of drug-likeness (QED) is 0.541. The lowest BCUT2D eigenvalue weighted by molar-refractivity contribution is 0.0937. The lowest BCUT2D eigenvalue weighted by Crippen LogP contribution is -2.00. The second-order valence-corrected chi connectivity index (χ2v) is 1.99. The van der Waals surface area contributed by atoms with Crippen LogP contribution in [0, 0.1) is 0 Å². The fourth-order valence-corrected chi connectivity index (χ4v) is 0.679. The van der Waals surface area contributed by atoms with Crippen molar-refractivity contribution in [3.05, 3.63) is 24.0 Å². The Morgan fingerprint density at radius 1 is 1.70 bits per heavy atom. The molecule has 0 N–H and O–H groups in total. The first kappa shape index (κ1) is 6.74. The Morgan fingerprint density at radius 3 is 2.70 bits per heavy atom. The molecule has 0 amide bonds. The van der Waals surface area contributed by atoms with Gasteiger partial charge in [-0.15, -0.1) is 0 Å². The molecule has 1 aromatic heterocycles. The van der Waals surface area contributed by atoms with E-state index in [9.17, 15) is 9.59 Å². The highest BCUT2D eigenvalue weighted by Crippen LogP contribution is 1.96. The van der Waals surface area contributed by atoms with Crippen molar-refractivity contribution in [2.75, 3.05) is 0 Å². The van der Waals surface area contributed by atoms with E-state index in [0.29, 0.717) is 11.8 Å². The monoisotopic (exact) mass is 137 g/mol. The Morgan fingerprint density at radius 2 is 2.40 bits per heavy atom. The lowest BCUT2D eigenvalue weighted by atomic mass is 10.4. The van der Waals surface area contributed by atoms with Gasteiger partial charge in [0.1, 0.15) is 0 Å². The molecule has 0 saturated heterocycles. The maximum Gasteiger partial charge on any atom is 0.227 e. The summed E-state index contributed by atoms with van der Waals surface area (Å²) in [6, 6.07) is 1.59. The molecule has 10 heavy (non-hydrogen) atoms. The van der Waals surface area contributed by atoms with Crippen LogP contribution in [-0.4, -0.2) is 16.8 Å². The number of carbonyl (C=O) groups excluding carboxylic acids is 2. The maximum absolute atomic E-state index is 10.6. The van der Waals surface area contributed by atoms with E-state index < -0.39 is 0 Å². The summed E-state index contributed by atoms with van der Waals surface area (Å²) in [7, 11) is 0. The largest absolute Gasteiger partial charge is 0.298 e. The van der Waals surface area contributed by atoms with E-state index >= 15 is 0 Å². The number of rotatable bonds is 1. The zero-order valence-corrected chi connectivity index (χ0v) is 5.57. The zero-order valence-electron chi connectivity index (χ0n) is 5.57. The first-order chi connectivity index (χ1) is 4.74. The van der Waals surface area contributed by atoms with Crippen molar-refractivity contribution in [3.63, 3.8) is 0 Å². The third-order valence-electron chi connectivity index (χ3n) is 1.22. The molecule has 0 aliphatic rings. The van der Waals surface area contributed by atoms with Gasteiger partial charge in [0.15, 0.2) is 6.29 Å². The SMILES string of the molecule is CC(=O)n1ccc(C=O)c1. The average molecular weight is 137 g/mol. The van der Waals surface area contributed by atoms with Crippen LogP contribution in [0.5, 0.6) is 0 Å². The highest BCUT2D eigenvalue weighted by Gasteiger charge is 1.96. The number of aromatic nitrogens is 1. The molecule has 0 aromatic carbocycles. The third kappa shape index (κ3) is 1.13. The number of nitrogens with zero attached hydrogens (tertiary/aromatic N) is 1. The van der Waals surface area contributed by atoms with Crippen LogP contribution in [0.25, 0.3) is 0 Å². The molecule has 1 heterocycles. The Hall–Kier alpha value is -1.38. The molecule has 0 saturated carbocycles. The van der Waals surface area contributed by atoms with E-state index in [1.165, 1.54) is 17.7 Å². The molecule has 0 spiro atoms. The van der Waals surface area contributed by atoms with Gasteiger partial charge >= 0.3 is 0 Å². The van der Waals surface area contributed by atoms with Gasteiger partial charge in [-0.2, -0.15) is 0 Å². The van der Waals surface area contributed by atoms with Crippen LogP contribution in [0.15, 0.2) is 18.5 Å². The summed E-state index contributed by atoms with van der Waals surface area (Å²) in [5.41, 5.74) is 0.523. The van der Waals surface area contributed by atoms with Crippen LogP contribution in [0.3, 0.4) is 0 Å². The van der Waals surface area contributed by atoms with Crippen LogP contribution in [0.4, 0.5) is 0 Å². The molecule has 0 aliphatic carbocycles. The minimum Gasteiger partial charge on any atom is -0.298 e. The highest BCUT2D eigenvalue weighted by atomic mass is 16.1. The van der Waals surface area contributed by atoms with Gasteiger partial charge < -0.3 is 0 Å². The average Bonchev–Trinajstić information content (AvgIpc) is 2.34. The van der Waals surface area contributed by atoms with Gasteiger partial charge in [0.05, 0.1) is 0 Å². The molecule has 0 bridgehead atoms. The molecule has 0 unspecified atom stereocenters. The van der Waals surface area contributed by atoms with Gasteiger partial charge in [0.25, 0.3) is 0 Å². The molecule has 0 fully saturated rings. The molecule has 0 aliphatic heterocycles. The van der Waals surface area contributed by atoms with Crippen molar-refractivity contribution in [1.82, 2.24) is 4.57 Å². The van der Waals surface area contributed by atoms with Crippen molar-refractivity contribution in [3.8, 4) is 0 Å². The molecule has 1 aromatic rings. The van der Waals surface area contributed by atoms with Gasteiger partial charge in [0, 0.05) is 24.9 Å². The van der Waals surface area contributed by atoms with Crippen molar-refractivity contribution in [2.24, 2.45) is 0 Å². The van der Waals surface area contributed by atoms with Crippen LogP contribution in [0.1, 0.15) is 22.1 Å².